The van der Waals surface area contributed by atoms with Gasteiger partial charge in [-0.2, -0.15) is 10.4 Å². The Morgan fingerprint density at radius 1 is 1.20 bits per heavy atom. The first-order valence-corrected chi connectivity index (χ1v) is 7.22. The Labute approximate surface area is 121 Å². The molecule has 0 spiro atoms. The van der Waals surface area contributed by atoms with Crippen molar-refractivity contribution in [2.24, 2.45) is 0 Å². The van der Waals surface area contributed by atoms with Crippen LogP contribution in [0.15, 0.2) is 0 Å². The van der Waals surface area contributed by atoms with Crippen molar-refractivity contribution in [2.75, 3.05) is 19.0 Å². The standard InChI is InChI=1S/C15H23N5/c1-10-11(2)18-19-15(14(10)9-16)20(4)13-7-5-12(17-3)6-8-13/h12-13,17H,5-8H2,1-4H3. The molecule has 0 unspecified atom stereocenters. The highest BCUT2D eigenvalue weighted by atomic mass is 15.3. The molecule has 20 heavy (non-hydrogen) atoms. The van der Waals surface area contributed by atoms with E-state index in [1.807, 2.05) is 27.9 Å². The van der Waals surface area contributed by atoms with Gasteiger partial charge in [0.1, 0.15) is 11.6 Å². The van der Waals surface area contributed by atoms with E-state index in [0.717, 1.165) is 29.9 Å². The van der Waals surface area contributed by atoms with Gasteiger partial charge in [-0.25, -0.2) is 0 Å². The maximum absolute atomic E-state index is 9.40. The van der Waals surface area contributed by atoms with Crippen LogP contribution in [0.1, 0.15) is 42.5 Å². The predicted molar refractivity (Wildman–Crippen MR) is 79.7 cm³/mol. The van der Waals surface area contributed by atoms with E-state index >= 15 is 0 Å². The molecule has 1 aliphatic carbocycles. The van der Waals surface area contributed by atoms with Crippen LogP contribution in [0.25, 0.3) is 0 Å². The minimum atomic E-state index is 0.447. The molecule has 0 saturated heterocycles. The molecule has 108 valence electrons. The molecule has 0 amide bonds. The quantitative estimate of drug-likeness (QED) is 0.911. The normalized spacial score (nSPS) is 22.4. The number of rotatable bonds is 3. The van der Waals surface area contributed by atoms with Crippen LogP contribution in [-0.2, 0) is 0 Å². The summed E-state index contributed by atoms with van der Waals surface area (Å²) in [5, 5.41) is 21.2. The molecule has 0 radical (unpaired) electrons. The molecule has 1 aromatic rings. The number of anilines is 1. The van der Waals surface area contributed by atoms with Gasteiger partial charge in [0.2, 0.25) is 0 Å². The fourth-order valence-electron chi connectivity index (χ4n) is 2.90. The van der Waals surface area contributed by atoms with E-state index in [4.69, 9.17) is 0 Å². The number of nitrogens with zero attached hydrogens (tertiary/aromatic N) is 4. The Bertz CT molecular complexity index is 512. The molecule has 2 rings (SSSR count). The van der Waals surface area contributed by atoms with Gasteiger partial charge in [-0.15, -0.1) is 5.10 Å². The third-order valence-corrected chi connectivity index (χ3v) is 4.53. The van der Waals surface area contributed by atoms with Crippen molar-refractivity contribution in [3.63, 3.8) is 0 Å². The van der Waals surface area contributed by atoms with E-state index in [0.29, 0.717) is 17.6 Å². The van der Waals surface area contributed by atoms with E-state index in [1.165, 1.54) is 12.8 Å². The van der Waals surface area contributed by atoms with Crippen molar-refractivity contribution in [1.82, 2.24) is 15.5 Å². The highest BCUT2D eigenvalue weighted by molar-refractivity contribution is 5.57. The summed E-state index contributed by atoms with van der Waals surface area (Å²) in [4.78, 5) is 2.14. The second-order valence-corrected chi connectivity index (χ2v) is 5.63. The first kappa shape index (κ1) is 14.7. The van der Waals surface area contributed by atoms with Crippen molar-refractivity contribution in [2.45, 2.75) is 51.6 Å². The maximum Gasteiger partial charge on any atom is 0.169 e. The Morgan fingerprint density at radius 2 is 1.85 bits per heavy atom. The van der Waals surface area contributed by atoms with Gasteiger partial charge in [-0.05, 0) is 52.1 Å². The van der Waals surface area contributed by atoms with Crippen molar-refractivity contribution in [3.05, 3.63) is 16.8 Å². The summed E-state index contributed by atoms with van der Waals surface area (Å²) in [6, 6.07) is 3.36. The Kier molecular flexibility index (Phi) is 4.56. The predicted octanol–water partition coefficient (Wildman–Crippen LogP) is 1.93. The number of nitrogens with one attached hydrogen (secondary N) is 1. The molecule has 1 saturated carbocycles. The summed E-state index contributed by atoms with van der Waals surface area (Å²) in [6.45, 7) is 3.84. The van der Waals surface area contributed by atoms with Crippen LogP contribution in [0, 0.1) is 25.2 Å². The number of aromatic nitrogens is 2. The van der Waals surface area contributed by atoms with Crippen LogP contribution < -0.4 is 10.2 Å². The van der Waals surface area contributed by atoms with Crippen LogP contribution in [0.2, 0.25) is 0 Å². The smallest absolute Gasteiger partial charge is 0.169 e. The fraction of sp³-hybridized carbons (Fsp3) is 0.667. The van der Waals surface area contributed by atoms with Crippen molar-refractivity contribution in [3.8, 4) is 6.07 Å². The number of aryl methyl sites for hydroxylation is 1. The molecule has 0 aromatic carbocycles. The van der Waals surface area contributed by atoms with E-state index in [1.54, 1.807) is 0 Å². The Balaban J connectivity index is 2.20. The van der Waals surface area contributed by atoms with Crippen molar-refractivity contribution < 1.29 is 0 Å². The molecule has 1 fully saturated rings. The summed E-state index contributed by atoms with van der Waals surface area (Å²) < 4.78 is 0. The third kappa shape index (κ3) is 2.75. The lowest BCUT2D eigenvalue weighted by atomic mass is 9.90. The summed E-state index contributed by atoms with van der Waals surface area (Å²) >= 11 is 0. The summed E-state index contributed by atoms with van der Waals surface area (Å²) in [7, 11) is 4.06. The lowest BCUT2D eigenvalue weighted by Crippen LogP contribution is -2.40. The summed E-state index contributed by atoms with van der Waals surface area (Å²) in [5.74, 6) is 0.725. The van der Waals surface area contributed by atoms with Crippen LogP contribution in [0.5, 0.6) is 0 Å². The second kappa shape index (κ2) is 6.19. The molecule has 1 heterocycles. The number of hydrogen-bond donors (Lipinski definition) is 1. The molecule has 1 aliphatic rings. The Morgan fingerprint density at radius 3 is 2.40 bits per heavy atom. The van der Waals surface area contributed by atoms with Crippen LogP contribution >= 0.6 is 0 Å². The molecule has 5 heteroatoms. The van der Waals surface area contributed by atoms with Crippen LogP contribution in [0.4, 0.5) is 5.82 Å². The molecular formula is C15H23N5. The van der Waals surface area contributed by atoms with Gasteiger partial charge in [0.25, 0.3) is 0 Å². The average molecular weight is 273 g/mol. The minimum Gasteiger partial charge on any atom is -0.354 e. The first-order valence-electron chi connectivity index (χ1n) is 7.22. The minimum absolute atomic E-state index is 0.447. The lowest BCUT2D eigenvalue weighted by molar-refractivity contribution is 0.350. The van der Waals surface area contributed by atoms with Gasteiger partial charge >= 0.3 is 0 Å². The fourth-order valence-corrected chi connectivity index (χ4v) is 2.90. The second-order valence-electron chi connectivity index (χ2n) is 5.63. The average Bonchev–Trinajstić information content (AvgIpc) is 2.49. The van der Waals surface area contributed by atoms with Gasteiger partial charge < -0.3 is 10.2 Å². The van der Waals surface area contributed by atoms with Gasteiger partial charge in [0.05, 0.1) is 5.69 Å². The third-order valence-electron chi connectivity index (χ3n) is 4.53. The highest BCUT2D eigenvalue weighted by Crippen LogP contribution is 2.28. The van der Waals surface area contributed by atoms with Crippen molar-refractivity contribution >= 4 is 5.82 Å². The zero-order chi connectivity index (χ0) is 14.7. The maximum atomic E-state index is 9.40. The SMILES string of the molecule is CNC1CCC(N(C)c2nnc(C)c(C)c2C#N)CC1. The zero-order valence-corrected chi connectivity index (χ0v) is 12.8. The number of hydrogen-bond acceptors (Lipinski definition) is 5. The van der Waals surface area contributed by atoms with E-state index in [9.17, 15) is 5.26 Å². The molecule has 0 atom stereocenters. The molecule has 5 nitrogen and oxygen atoms in total. The van der Waals surface area contributed by atoms with Gasteiger partial charge in [0.15, 0.2) is 5.82 Å². The number of nitriles is 1. The molecule has 1 N–H and O–H groups in total. The zero-order valence-electron chi connectivity index (χ0n) is 12.8. The van der Waals surface area contributed by atoms with Crippen molar-refractivity contribution in [1.29, 1.82) is 5.26 Å². The van der Waals surface area contributed by atoms with E-state index in [-0.39, 0.29) is 0 Å². The lowest BCUT2D eigenvalue weighted by Gasteiger charge is -2.35. The molecule has 0 bridgehead atoms. The molecular weight excluding hydrogens is 250 g/mol. The monoisotopic (exact) mass is 273 g/mol. The van der Waals surface area contributed by atoms with Gasteiger partial charge in [-0.1, -0.05) is 0 Å². The molecule has 0 aliphatic heterocycles. The van der Waals surface area contributed by atoms with Crippen LogP contribution in [-0.4, -0.2) is 36.4 Å². The van der Waals surface area contributed by atoms with Gasteiger partial charge in [0, 0.05) is 19.1 Å². The van der Waals surface area contributed by atoms with Gasteiger partial charge in [-0.3, -0.25) is 0 Å². The van der Waals surface area contributed by atoms with E-state index in [2.05, 4.69) is 26.5 Å². The largest absolute Gasteiger partial charge is 0.354 e. The Hall–Kier alpha value is -1.67. The first-order chi connectivity index (χ1) is 9.58. The molecule has 1 aromatic heterocycles. The summed E-state index contributed by atoms with van der Waals surface area (Å²) in [6.07, 6.45) is 4.60. The highest BCUT2D eigenvalue weighted by Gasteiger charge is 2.26. The van der Waals surface area contributed by atoms with E-state index < -0.39 is 0 Å². The topological polar surface area (TPSA) is 64.8 Å². The van der Waals surface area contributed by atoms with Crippen LogP contribution in [0.3, 0.4) is 0 Å². The summed E-state index contributed by atoms with van der Waals surface area (Å²) in [5.41, 5.74) is 2.43.